The Hall–Kier alpha value is -0.930. The summed E-state index contributed by atoms with van der Waals surface area (Å²) in [4.78, 5) is 10.7. The van der Waals surface area contributed by atoms with E-state index in [4.69, 9.17) is 26.2 Å². The molecule has 142 valence electrons. The molecule has 0 saturated carbocycles. The van der Waals surface area contributed by atoms with Crippen molar-refractivity contribution in [2.45, 2.75) is 55.1 Å². The van der Waals surface area contributed by atoms with Gasteiger partial charge in [-0.05, 0) is 0 Å². The highest BCUT2D eigenvalue weighted by Crippen LogP contribution is 2.24. The molecule has 1 heterocycles. The van der Waals surface area contributed by atoms with Crippen LogP contribution >= 0.6 is 0 Å². The van der Waals surface area contributed by atoms with Gasteiger partial charge in [-0.3, -0.25) is 0 Å². The summed E-state index contributed by atoms with van der Waals surface area (Å²) in [5.41, 5.74) is 0. The summed E-state index contributed by atoms with van der Waals surface area (Å²) in [6, 6.07) is 0. The van der Waals surface area contributed by atoms with E-state index >= 15 is 0 Å². The van der Waals surface area contributed by atoms with E-state index in [0.29, 0.717) is 0 Å². The number of aliphatic carboxylic acids is 1. The monoisotopic (exact) mass is 359 g/mol. The van der Waals surface area contributed by atoms with Crippen LogP contribution in [0.1, 0.15) is 1.37 Å². The van der Waals surface area contributed by atoms with E-state index in [2.05, 4.69) is 0 Å². The Morgan fingerprint density at radius 2 is 1.71 bits per heavy atom. The van der Waals surface area contributed by atoms with E-state index in [1.165, 1.54) is 0 Å². The van der Waals surface area contributed by atoms with Gasteiger partial charge < -0.3 is 55.4 Å². The van der Waals surface area contributed by atoms with Crippen LogP contribution in [0.5, 0.6) is 0 Å². The van der Waals surface area contributed by atoms with Crippen LogP contribution in [0.25, 0.3) is 0 Å². The third kappa shape index (κ3) is 4.58. The molecule has 0 aromatic heterocycles. The average Bonchev–Trinajstić information content (AvgIpc) is 2.59. The van der Waals surface area contributed by atoms with Gasteiger partial charge in [-0.15, -0.1) is 0 Å². The maximum Gasteiger partial charge on any atom is 0.335 e. The number of rotatable bonds is 8. The van der Waals surface area contributed by atoms with E-state index in [1.807, 2.05) is 0 Å². The second kappa shape index (κ2) is 8.96. The molecule has 1 rings (SSSR count). The highest BCUT2D eigenvalue weighted by atomic mass is 16.7. The van der Waals surface area contributed by atoms with E-state index in [0.717, 1.165) is 0 Å². The maximum absolute atomic E-state index is 10.7. The Bertz CT molecular complexity index is 450. The highest BCUT2D eigenvalue weighted by Gasteiger charge is 2.47. The molecule has 0 radical (unpaired) electrons. The number of carboxylic acid groups (broad SMARTS) is 1. The number of ether oxygens (including phenoxy) is 2. The summed E-state index contributed by atoms with van der Waals surface area (Å²) in [6.45, 7) is -1.99. The molecule has 12 nitrogen and oxygen atoms in total. The highest BCUT2D eigenvalue weighted by molar-refractivity contribution is 5.72. The van der Waals surface area contributed by atoms with Crippen molar-refractivity contribution >= 4 is 5.97 Å². The first kappa shape index (κ1) is 19.4. The van der Waals surface area contributed by atoms with Gasteiger partial charge in [0.1, 0.15) is 42.7 Å². The smallest absolute Gasteiger partial charge is 0.335 e. The van der Waals surface area contributed by atoms with Gasteiger partial charge in [0.15, 0.2) is 12.4 Å². The molecule has 0 bridgehead atoms. The van der Waals surface area contributed by atoms with Crippen molar-refractivity contribution in [3.63, 3.8) is 0 Å². The first-order valence-electron chi connectivity index (χ1n) is 7.38. The molecule has 1 aliphatic heterocycles. The van der Waals surface area contributed by atoms with Gasteiger partial charge in [0.2, 0.25) is 0 Å². The molecule has 1 saturated heterocycles. The van der Waals surface area contributed by atoms with Crippen molar-refractivity contribution in [1.82, 2.24) is 0 Å². The Morgan fingerprint density at radius 3 is 2.17 bits per heavy atom. The summed E-state index contributed by atoms with van der Waals surface area (Å²) in [5.74, 6) is -1.90. The molecule has 0 aliphatic carbocycles. The number of carbonyl (C=O) groups is 1. The molecule has 0 amide bonds. The number of aliphatic hydroxyl groups excluding tert-OH is 8. The molecule has 24 heavy (non-hydrogen) atoms. The minimum Gasteiger partial charge on any atom is -0.479 e. The van der Waals surface area contributed by atoms with E-state index < -0.39 is 74.3 Å². The zero-order valence-corrected chi connectivity index (χ0v) is 12.3. The van der Waals surface area contributed by atoms with Crippen molar-refractivity contribution < 1.29 is 61.6 Å². The van der Waals surface area contributed by atoms with Crippen molar-refractivity contribution in [2.24, 2.45) is 0 Å². The Labute approximate surface area is 137 Å². The second-order valence-corrected chi connectivity index (χ2v) is 5.19. The summed E-state index contributed by atoms with van der Waals surface area (Å²) in [5, 5.41) is 84.8. The van der Waals surface area contributed by atoms with Gasteiger partial charge in [0, 0.05) is 0 Å². The van der Waals surface area contributed by atoms with Crippen LogP contribution in [0, 0.1) is 0 Å². The fraction of sp³-hybridized carbons (Fsp3) is 0.917. The molecular weight excluding hydrogens is 336 g/mol. The standard InChI is InChI=1S/C12H22O12/c13-1-3(15)10(7(18)8(19)11(21)22)24-12-9(20)6(17)5(16)4(2-14)23-12/h3-10,12-20H,1-2H2,(H,21,22)/t3-,4-,5+,6+,7-,8-,9-,10-,12+/m1/s1/i12D. The van der Waals surface area contributed by atoms with E-state index in [-0.39, 0.29) is 0 Å². The van der Waals surface area contributed by atoms with Gasteiger partial charge in [-0.2, -0.15) is 0 Å². The van der Waals surface area contributed by atoms with Crippen molar-refractivity contribution in [3.8, 4) is 0 Å². The number of hydrogen-bond donors (Lipinski definition) is 9. The van der Waals surface area contributed by atoms with Crippen molar-refractivity contribution in [1.29, 1.82) is 0 Å². The molecule has 0 unspecified atom stereocenters. The number of hydrogen-bond acceptors (Lipinski definition) is 11. The second-order valence-electron chi connectivity index (χ2n) is 5.19. The lowest BCUT2D eigenvalue weighted by Crippen LogP contribution is -2.61. The van der Waals surface area contributed by atoms with Gasteiger partial charge in [0.25, 0.3) is 0 Å². The molecular formula is C12H22O12. The SMILES string of the molecule is [2H][C@@]1(O[C@@H]([C@H](O)[C@@H](O)C(=O)O)[C@H](O)CO)O[C@H](CO)[C@H](O)[C@H](O)[C@H]1O. The fourth-order valence-corrected chi connectivity index (χ4v) is 2.02. The molecule has 0 aromatic carbocycles. The first-order valence-corrected chi connectivity index (χ1v) is 6.88. The van der Waals surface area contributed by atoms with Gasteiger partial charge in [-0.25, -0.2) is 4.79 Å². The number of carboxylic acids is 1. The van der Waals surface area contributed by atoms with Crippen LogP contribution in [-0.2, 0) is 14.3 Å². The predicted octanol–water partition coefficient (Wildman–Crippen LogP) is -5.67. The van der Waals surface area contributed by atoms with Gasteiger partial charge in [-0.1, -0.05) is 0 Å². The summed E-state index contributed by atoms with van der Waals surface area (Å²) >= 11 is 0. The van der Waals surface area contributed by atoms with Crippen LogP contribution in [0.15, 0.2) is 0 Å². The van der Waals surface area contributed by atoms with Crippen molar-refractivity contribution in [2.75, 3.05) is 13.2 Å². The average molecular weight is 359 g/mol. The molecule has 0 spiro atoms. The maximum atomic E-state index is 10.7. The van der Waals surface area contributed by atoms with Crippen LogP contribution in [0.3, 0.4) is 0 Å². The predicted molar refractivity (Wildman–Crippen MR) is 71.4 cm³/mol. The zero-order valence-electron chi connectivity index (χ0n) is 13.3. The summed E-state index contributed by atoms with van der Waals surface area (Å²) < 4.78 is 17.6. The van der Waals surface area contributed by atoms with Crippen LogP contribution in [-0.4, -0.2) is 120 Å². The third-order valence-electron chi connectivity index (χ3n) is 3.47. The molecule has 0 aromatic rings. The van der Waals surface area contributed by atoms with Gasteiger partial charge in [0.05, 0.1) is 14.6 Å². The lowest BCUT2D eigenvalue weighted by atomic mass is 9.98. The number of aliphatic hydroxyl groups is 8. The minimum atomic E-state index is -2.98. The van der Waals surface area contributed by atoms with E-state index in [1.54, 1.807) is 0 Å². The van der Waals surface area contributed by atoms with Crippen LogP contribution < -0.4 is 0 Å². The lowest BCUT2D eigenvalue weighted by molar-refractivity contribution is -0.326. The largest absolute Gasteiger partial charge is 0.479 e. The summed E-state index contributed by atoms with van der Waals surface area (Å²) in [7, 11) is 0. The summed E-state index contributed by atoms with van der Waals surface area (Å²) in [6.07, 6.45) is -19.7. The Balaban J connectivity index is 3.10. The third-order valence-corrected chi connectivity index (χ3v) is 3.47. The molecule has 1 fully saturated rings. The Kier molecular flexibility index (Phi) is 7.24. The molecule has 9 N–H and O–H groups in total. The topological polar surface area (TPSA) is 218 Å². The van der Waals surface area contributed by atoms with Crippen LogP contribution in [0.2, 0.25) is 0 Å². The fourth-order valence-electron chi connectivity index (χ4n) is 2.02. The van der Waals surface area contributed by atoms with E-state index in [9.17, 15) is 35.4 Å². The minimum absolute atomic E-state index is 0.900. The molecule has 12 heteroatoms. The normalized spacial score (nSPS) is 39.6. The zero-order chi connectivity index (χ0) is 19.5. The molecule has 1 aliphatic rings. The molecule has 9 atom stereocenters. The lowest BCUT2D eigenvalue weighted by Gasteiger charge is -2.42. The first-order chi connectivity index (χ1) is 11.5. The van der Waals surface area contributed by atoms with Crippen molar-refractivity contribution in [3.05, 3.63) is 0 Å². The van der Waals surface area contributed by atoms with Crippen LogP contribution in [0.4, 0.5) is 0 Å². The Morgan fingerprint density at radius 1 is 1.12 bits per heavy atom. The van der Waals surface area contributed by atoms with Gasteiger partial charge >= 0.3 is 5.97 Å². The quantitative estimate of drug-likeness (QED) is 0.198.